The fraction of sp³-hybridized carbons (Fsp3) is 0.667. The van der Waals surface area contributed by atoms with Crippen molar-refractivity contribution in [2.45, 2.75) is 25.8 Å². The third-order valence-corrected chi connectivity index (χ3v) is 3.24. The minimum absolute atomic E-state index is 0.0977. The van der Waals surface area contributed by atoms with Crippen molar-refractivity contribution in [3.63, 3.8) is 0 Å². The van der Waals surface area contributed by atoms with E-state index >= 15 is 0 Å². The van der Waals surface area contributed by atoms with Gasteiger partial charge in [-0.15, -0.1) is 0 Å². The third kappa shape index (κ3) is 2.49. The zero-order valence-electron chi connectivity index (χ0n) is 10.5. The lowest BCUT2D eigenvalue weighted by atomic mass is 10.2. The first-order chi connectivity index (χ1) is 8.24. The van der Waals surface area contributed by atoms with Crippen molar-refractivity contribution in [1.29, 1.82) is 0 Å². The highest BCUT2D eigenvalue weighted by Crippen LogP contribution is 2.13. The molecule has 0 spiro atoms. The number of amides is 1. The normalized spacial score (nSPS) is 19.5. The maximum absolute atomic E-state index is 12.4. The second kappa shape index (κ2) is 5.31. The monoisotopic (exact) mass is 236 g/mol. The van der Waals surface area contributed by atoms with Crippen LogP contribution in [0.2, 0.25) is 0 Å². The highest BCUT2D eigenvalue weighted by Gasteiger charge is 2.27. The van der Waals surface area contributed by atoms with Crippen molar-refractivity contribution in [3.05, 3.63) is 18.0 Å². The second-order valence-electron chi connectivity index (χ2n) is 4.49. The molecule has 17 heavy (non-hydrogen) atoms. The topological polar surface area (TPSA) is 50.2 Å². The molecule has 5 heteroatoms. The third-order valence-electron chi connectivity index (χ3n) is 3.24. The molecule has 1 atom stereocenters. The molecule has 2 heterocycles. The fourth-order valence-electron chi connectivity index (χ4n) is 2.33. The number of hydrogen-bond acceptors (Lipinski definition) is 3. The van der Waals surface area contributed by atoms with Gasteiger partial charge in [0, 0.05) is 32.4 Å². The predicted molar refractivity (Wildman–Crippen MR) is 65.8 cm³/mol. The minimum atomic E-state index is 0.0977. The molecular weight excluding hydrogens is 216 g/mol. The van der Waals surface area contributed by atoms with E-state index in [4.69, 9.17) is 0 Å². The van der Waals surface area contributed by atoms with Crippen molar-refractivity contribution in [2.24, 2.45) is 7.05 Å². The Bertz CT molecular complexity index is 382. The number of hydrogen-bond donors (Lipinski definition) is 1. The van der Waals surface area contributed by atoms with Crippen LogP contribution in [0.4, 0.5) is 0 Å². The van der Waals surface area contributed by atoms with Gasteiger partial charge < -0.3 is 10.2 Å². The Balaban J connectivity index is 2.15. The molecular formula is C12H20N4O. The molecule has 1 aliphatic rings. The van der Waals surface area contributed by atoms with E-state index in [9.17, 15) is 4.79 Å². The first-order valence-electron chi connectivity index (χ1n) is 6.23. The lowest BCUT2D eigenvalue weighted by Crippen LogP contribution is -2.42. The summed E-state index contributed by atoms with van der Waals surface area (Å²) in [5, 5.41) is 7.37. The van der Waals surface area contributed by atoms with E-state index in [0.29, 0.717) is 11.7 Å². The Labute approximate surface area is 102 Å². The molecule has 0 aliphatic carbocycles. The molecule has 0 unspecified atom stereocenters. The lowest BCUT2D eigenvalue weighted by Gasteiger charge is -2.28. The first kappa shape index (κ1) is 12.1. The molecule has 1 saturated heterocycles. The summed E-state index contributed by atoms with van der Waals surface area (Å²) in [5.74, 6) is 0.0977. The summed E-state index contributed by atoms with van der Waals surface area (Å²) in [6, 6.07) is 2.12. The van der Waals surface area contributed by atoms with Crippen LogP contribution in [0.5, 0.6) is 0 Å². The lowest BCUT2D eigenvalue weighted by molar-refractivity contribution is 0.0681. The molecule has 1 N–H and O–H groups in total. The number of carbonyl (C=O) groups excluding carboxylic acids is 1. The van der Waals surface area contributed by atoms with Crippen LogP contribution in [0, 0.1) is 0 Å². The van der Waals surface area contributed by atoms with Crippen molar-refractivity contribution in [3.8, 4) is 0 Å². The van der Waals surface area contributed by atoms with E-state index in [1.54, 1.807) is 16.9 Å². The standard InChI is InChI=1S/C12H20N4O/c1-3-8-16(10-4-6-13-9-10)12(17)11-5-7-14-15(11)2/h5,7,10,13H,3-4,6,8-9H2,1-2H3/t10-/m1/s1. The van der Waals surface area contributed by atoms with Gasteiger partial charge in [-0.05, 0) is 25.5 Å². The van der Waals surface area contributed by atoms with Crippen molar-refractivity contribution in [1.82, 2.24) is 20.0 Å². The van der Waals surface area contributed by atoms with Gasteiger partial charge in [0.2, 0.25) is 0 Å². The molecule has 0 aromatic carbocycles. The van der Waals surface area contributed by atoms with Crippen LogP contribution in [-0.2, 0) is 7.05 Å². The number of carbonyl (C=O) groups is 1. The maximum atomic E-state index is 12.4. The van der Waals surface area contributed by atoms with Gasteiger partial charge in [-0.2, -0.15) is 5.10 Å². The first-order valence-corrected chi connectivity index (χ1v) is 6.23. The molecule has 0 bridgehead atoms. The van der Waals surface area contributed by atoms with Crippen LogP contribution in [0.1, 0.15) is 30.3 Å². The maximum Gasteiger partial charge on any atom is 0.272 e. The minimum Gasteiger partial charge on any atom is -0.333 e. The van der Waals surface area contributed by atoms with Crippen LogP contribution in [0.3, 0.4) is 0 Å². The fourth-order valence-corrected chi connectivity index (χ4v) is 2.33. The van der Waals surface area contributed by atoms with Crippen LogP contribution in [-0.4, -0.2) is 46.3 Å². The molecule has 1 aromatic rings. The van der Waals surface area contributed by atoms with Crippen LogP contribution in [0.25, 0.3) is 0 Å². The Morgan fingerprint density at radius 3 is 3.06 bits per heavy atom. The summed E-state index contributed by atoms with van der Waals surface area (Å²) in [7, 11) is 1.81. The molecule has 0 radical (unpaired) electrons. The predicted octanol–water partition coefficient (Wildman–Crippen LogP) is 0.634. The van der Waals surface area contributed by atoms with Crippen LogP contribution >= 0.6 is 0 Å². The number of nitrogens with one attached hydrogen (secondary N) is 1. The molecule has 1 fully saturated rings. The highest BCUT2D eigenvalue weighted by molar-refractivity contribution is 5.92. The van der Waals surface area contributed by atoms with E-state index in [-0.39, 0.29) is 5.91 Å². The summed E-state index contributed by atoms with van der Waals surface area (Å²) < 4.78 is 1.65. The van der Waals surface area contributed by atoms with Gasteiger partial charge >= 0.3 is 0 Å². The van der Waals surface area contributed by atoms with Gasteiger partial charge in [0.25, 0.3) is 5.91 Å². The smallest absolute Gasteiger partial charge is 0.272 e. The van der Waals surface area contributed by atoms with Gasteiger partial charge in [0.15, 0.2) is 0 Å². The Morgan fingerprint density at radius 1 is 1.71 bits per heavy atom. The van der Waals surface area contributed by atoms with E-state index in [1.165, 1.54) is 0 Å². The van der Waals surface area contributed by atoms with Gasteiger partial charge in [-0.1, -0.05) is 6.92 Å². The van der Waals surface area contributed by atoms with Gasteiger partial charge in [0.05, 0.1) is 0 Å². The summed E-state index contributed by atoms with van der Waals surface area (Å²) in [4.78, 5) is 14.4. The van der Waals surface area contributed by atoms with E-state index in [0.717, 1.165) is 32.5 Å². The average Bonchev–Trinajstić information content (AvgIpc) is 2.95. The zero-order chi connectivity index (χ0) is 12.3. The Hall–Kier alpha value is -1.36. The van der Waals surface area contributed by atoms with Gasteiger partial charge in [-0.25, -0.2) is 0 Å². The summed E-state index contributed by atoms with van der Waals surface area (Å²) in [6.07, 6.45) is 3.70. The summed E-state index contributed by atoms with van der Waals surface area (Å²) in [6.45, 7) is 4.83. The molecule has 94 valence electrons. The van der Waals surface area contributed by atoms with Crippen molar-refractivity contribution >= 4 is 5.91 Å². The number of nitrogens with zero attached hydrogens (tertiary/aromatic N) is 3. The second-order valence-corrected chi connectivity index (χ2v) is 4.49. The Morgan fingerprint density at radius 2 is 2.53 bits per heavy atom. The van der Waals surface area contributed by atoms with Gasteiger partial charge in [0.1, 0.15) is 5.69 Å². The number of aromatic nitrogens is 2. The van der Waals surface area contributed by atoms with Crippen LogP contribution in [0.15, 0.2) is 12.3 Å². The molecule has 1 amide bonds. The van der Waals surface area contributed by atoms with Crippen molar-refractivity contribution in [2.75, 3.05) is 19.6 Å². The molecule has 1 aromatic heterocycles. The highest BCUT2D eigenvalue weighted by atomic mass is 16.2. The quantitative estimate of drug-likeness (QED) is 0.834. The Kier molecular flexibility index (Phi) is 3.78. The molecule has 0 saturated carbocycles. The number of rotatable bonds is 4. The van der Waals surface area contributed by atoms with Gasteiger partial charge in [-0.3, -0.25) is 9.48 Å². The molecule has 2 rings (SSSR count). The van der Waals surface area contributed by atoms with Crippen molar-refractivity contribution < 1.29 is 4.79 Å². The van der Waals surface area contributed by atoms with E-state index < -0.39 is 0 Å². The molecule has 1 aliphatic heterocycles. The number of aryl methyl sites for hydroxylation is 1. The summed E-state index contributed by atoms with van der Waals surface area (Å²) in [5.41, 5.74) is 0.672. The SMILES string of the molecule is CCCN(C(=O)c1ccnn1C)[C@@H]1CCNC1. The van der Waals surface area contributed by atoms with Crippen LogP contribution < -0.4 is 5.32 Å². The van der Waals surface area contributed by atoms with E-state index in [2.05, 4.69) is 17.3 Å². The average molecular weight is 236 g/mol. The largest absolute Gasteiger partial charge is 0.333 e. The summed E-state index contributed by atoms with van der Waals surface area (Å²) >= 11 is 0. The molecule has 5 nitrogen and oxygen atoms in total. The van der Waals surface area contributed by atoms with E-state index in [1.807, 2.05) is 11.9 Å². The zero-order valence-corrected chi connectivity index (χ0v) is 10.5.